The minimum Gasteiger partial charge on any atom is -0.216 e. The van der Waals surface area contributed by atoms with Crippen LogP contribution in [0.15, 0.2) is 29.4 Å². The van der Waals surface area contributed by atoms with E-state index in [1.54, 1.807) is 23.2 Å². The molecule has 0 fully saturated rings. The van der Waals surface area contributed by atoms with Gasteiger partial charge >= 0.3 is 5.16 Å². The van der Waals surface area contributed by atoms with Gasteiger partial charge in [0, 0.05) is 0 Å². The predicted molar refractivity (Wildman–Crippen MR) is 57.2 cm³/mol. The third-order valence-corrected chi connectivity index (χ3v) is 3.72. The molecule has 80 valence electrons. The molecule has 1 aromatic carbocycles. The highest BCUT2D eigenvalue weighted by Gasteiger charge is 2.27. The molecule has 0 spiro atoms. The number of benzene rings is 1. The number of imidazole rings is 1. The summed E-state index contributed by atoms with van der Waals surface area (Å²) in [4.78, 5) is 0. The van der Waals surface area contributed by atoms with E-state index in [2.05, 4.69) is 0 Å². The van der Waals surface area contributed by atoms with Crippen LogP contribution in [-0.4, -0.2) is 19.2 Å². The Labute approximate surface area is 88.7 Å². The SMILES string of the molecule is Cn1c(S(C)(=O)=O)[n+](C)c2ccccc21. The molecule has 0 N–H and O–H groups in total. The molecule has 0 amide bonds. The summed E-state index contributed by atoms with van der Waals surface area (Å²) >= 11 is 0. The van der Waals surface area contributed by atoms with Crippen molar-refractivity contribution in [1.29, 1.82) is 0 Å². The van der Waals surface area contributed by atoms with E-state index < -0.39 is 9.84 Å². The summed E-state index contributed by atoms with van der Waals surface area (Å²) in [5.41, 5.74) is 1.83. The van der Waals surface area contributed by atoms with Crippen molar-refractivity contribution in [3.8, 4) is 0 Å². The highest BCUT2D eigenvalue weighted by molar-refractivity contribution is 7.90. The molecule has 0 radical (unpaired) electrons. The zero-order valence-corrected chi connectivity index (χ0v) is 9.75. The van der Waals surface area contributed by atoms with Crippen LogP contribution in [0.1, 0.15) is 0 Å². The second-order valence-corrected chi connectivity index (χ2v) is 5.57. The highest BCUT2D eigenvalue weighted by Crippen LogP contribution is 2.14. The Morgan fingerprint density at radius 2 is 1.87 bits per heavy atom. The first kappa shape index (κ1) is 10.2. The molecule has 2 aromatic rings. The van der Waals surface area contributed by atoms with E-state index in [1.807, 2.05) is 24.3 Å². The monoisotopic (exact) mass is 225 g/mol. The number of para-hydroxylation sites is 2. The van der Waals surface area contributed by atoms with Gasteiger partial charge in [-0.1, -0.05) is 12.1 Å². The number of rotatable bonds is 1. The lowest BCUT2D eigenvalue weighted by atomic mass is 10.3. The lowest BCUT2D eigenvalue weighted by Gasteiger charge is -1.93. The third kappa shape index (κ3) is 1.43. The molecule has 1 aromatic heterocycles. The first-order valence-electron chi connectivity index (χ1n) is 4.56. The number of sulfone groups is 1. The normalized spacial score (nSPS) is 12.2. The number of nitrogens with zero attached hydrogens (tertiary/aromatic N) is 2. The van der Waals surface area contributed by atoms with Crippen molar-refractivity contribution in [1.82, 2.24) is 4.57 Å². The van der Waals surface area contributed by atoms with Crippen LogP contribution in [0, 0.1) is 0 Å². The summed E-state index contributed by atoms with van der Waals surface area (Å²) in [6, 6.07) is 7.61. The molecule has 0 aliphatic rings. The van der Waals surface area contributed by atoms with E-state index in [0.717, 1.165) is 11.0 Å². The molecule has 2 rings (SSSR count). The zero-order chi connectivity index (χ0) is 11.2. The first-order valence-corrected chi connectivity index (χ1v) is 6.45. The second-order valence-electron chi connectivity index (χ2n) is 3.66. The van der Waals surface area contributed by atoms with Crippen LogP contribution in [0.2, 0.25) is 0 Å². The molecule has 0 saturated heterocycles. The summed E-state index contributed by atoms with van der Waals surface area (Å²) in [7, 11) is 0.325. The predicted octanol–water partition coefficient (Wildman–Crippen LogP) is 0.406. The fraction of sp³-hybridized carbons (Fsp3) is 0.300. The molecule has 0 atom stereocenters. The van der Waals surface area contributed by atoms with E-state index in [9.17, 15) is 8.42 Å². The van der Waals surface area contributed by atoms with Crippen molar-refractivity contribution in [2.24, 2.45) is 14.1 Å². The smallest absolute Gasteiger partial charge is 0.216 e. The van der Waals surface area contributed by atoms with Crippen molar-refractivity contribution in [2.45, 2.75) is 5.16 Å². The Bertz CT molecular complexity index is 587. The van der Waals surface area contributed by atoms with Gasteiger partial charge in [0.2, 0.25) is 0 Å². The number of hydrogen-bond donors (Lipinski definition) is 0. The molecular weight excluding hydrogens is 212 g/mol. The third-order valence-electron chi connectivity index (χ3n) is 2.51. The zero-order valence-electron chi connectivity index (χ0n) is 8.93. The molecule has 5 heteroatoms. The van der Waals surface area contributed by atoms with Gasteiger partial charge in [-0.3, -0.25) is 0 Å². The van der Waals surface area contributed by atoms with Crippen LogP contribution < -0.4 is 4.57 Å². The molecule has 0 saturated carbocycles. The lowest BCUT2D eigenvalue weighted by molar-refractivity contribution is -0.686. The standard InChI is InChI=1S/C10H13N2O2S/c1-11-8-6-4-5-7-9(8)12(2)10(11)15(3,13)14/h4-7H,1-3H3/q+1. The maximum atomic E-state index is 11.6. The summed E-state index contributed by atoms with van der Waals surface area (Å²) < 4.78 is 26.6. The molecule has 15 heavy (non-hydrogen) atoms. The number of aryl methyl sites for hydroxylation is 2. The van der Waals surface area contributed by atoms with Gasteiger partial charge in [-0.15, -0.1) is 0 Å². The van der Waals surface area contributed by atoms with Crippen molar-refractivity contribution >= 4 is 20.9 Å². The molecule has 1 heterocycles. The molecule has 0 aliphatic carbocycles. The summed E-state index contributed by atoms with van der Waals surface area (Å²) in [6.07, 6.45) is 1.22. The Balaban J connectivity index is 3.00. The van der Waals surface area contributed by atoms with Gasteiger partial charge in [-0.2, -0.15) is 0 Å². The van der Waals surface area contributed by atoms with Crippen LogP contribution in [0.4, 0.5) is 0 Å². The topological polar surface area (TPSA) is 43.0 Å². The van der Waals surface area contributed by atoms with Crippen molar-refractivity contribution in [2.75, 3.05) is 6.26 Å². The van der Waals surface area contributed by atoms with E-state index in [1.165, 1.54) is 6.26 Å². The van der Waals surface area contributed by atoms with Crippen LogP contribution in [0.3, 0.4) is 0 Å². The average Bonchev–Trinajstić information content (AvgIpc) is 2.39. The Hall–Kier alpha value is -1.36. The van der Waals surface area contributed by atoms with E-state index >= 15 is 0 Å². The van der Waals surface area contributed by atoms with Crippen LogP contribution in [0.25, 0.3) is 11.0 Å². The van der Waals surface area contributed by atoms with Gasteiger partial charge in [-0.25, -0.2) is 17.6 Å². The average molecular weight is 225 g/mol. The van der Waals surface area contributed by atoms with E-state index in [-0.39, 0.29) is 0 Å². The van der Waals surface area contributed by atoms with Gasteiger partial charge in [0.25, 0.3) is 9.84 Å². The first-order chi connectivity index (χ1) is 6.93. The maximum absolute atomic E-state index is 11.6. The van der Waals surface area contributed by atoms with Crippen molar-refractivity contribution < 1.29 is 13.0 Å². The number of hydrogen-bond acceptors (Lipinski definition) is 2. The maximum Gasteiger partial charge on any atom is 0.376 e. The highest BCUT2D eigenvalue weighted by atomic mass is 32.2. The number of fused-ring (bicyclic) bond motifs is 1. The largest absolute Gasteiger partial charge is 0.376 e. The minimum absolute atomic E-state index is 0.323. The van der Waals surface area contributed by atoms with Gasteiger partial charge in [-0.05, 0) is 12.1 Å². The Morgan fingerprint density at radius 1 is 1.27 bits per heavy atom. The minimum atomic E-state index is -3.20. The van der Waals surface area contributed by atoms with Gasteiger partial charge in [0.05, 0.1) is 20.4 Å². The van der Waals surface area contributed by atoms with Gasteiger partial charge < -0.3 is 0 Å². The number of aromatic nitrogens is 2. The molecule has 0 aliphatic heterocycles. The Morgan fingerprint density at radius 3 is 2.40 bits per heavy atom. The van der Waals surface area contributed by atoms with Gasteiger partial charge in [0.15, 0.2) is 11.0 Å². The van der Waals surface area contributed by atoms with Crippen molar-refractivity contribution in [3.05, 3.63) is 24.3 Å². The van der Waals surface area contributed by atoms with Crippen LogP contribution in [-0.2, 0) is 23.9 Å². The summed E-state index contributed by atoms with van der Waals surface area (Å²) in [5.74, 6) is 0. The summed E-state index contributed by atoms with van der Waals surface area (Å²) in [5, 5.41) is 0.323. The van der Waals surface area contributed by atoms with Crippen LogP contribution >= 0.6 is 0 Å². The quantitative estimate of drug-likeness (QED) is 0.660. The summed E-state index contributed by atoms with van der Waals surface area (Å²) in [6.45, 7) is 0. The lowest BCUT2D eigenvalue weighted by Crippen LogP contribution is -2.34. The molecule has 4 nitrogen and oxygen atoms in total. The van der Waals surface area contributed by atoms with E-state index in [4.69, 9.17) is 0 Å². The second kappa shape index (κ2) is 3.06. The fourth-order valence-corrected chi connectivity index (χ4v) is 3.15. The molecule has 0 unspecified atom stereocenters. The Kier molecular flexibility index (Phi) is 2.08. The fourth-order valence-electron chi connectivity index (χ4n) is 1.96. The van der Waals surface area contributed by atoms with Gasteiger partial charge in [0.1, 0.15) is 0 Å². The van der Waals surface area contributed by atoms with Crippen molar-refractivity contribution in [3.63, 3.8) is 0 Å². The van der Waals surface area contributed by atoms with E-state index in [0.29, 0.717) is 5.16 Å². The molecular formula is C10H13N2O2S+. The van der Waals surface area contributed by atoms with Crippen LogP contribution in [0.5, 0.6) is 0 Å². The molecule has 0 bridgehead atoms.